The van der Waals surface area contributed by atoms with Gasteiger partial charge >= 0.3 is 6.03 Å². The quantitative estimate of drug-likeness (QED) is 0.723. The van der Waals surface area contributed by atoms with Crippen LogP contribution in [0.5, 0.6) is 0 Å². The monoisotopic (exact) mass is 320 g/mol. The zero-order valence-corrected chi connectivity index (χ0v) is 14.1. The maximum absolute atomic E-state index is 12.2. The number of aliphatic hydroxyl groups is 1. The largest absolute Gasteiger partial charge is 0.396 e. The number of hydrogen-bond donors (Lipinski definition) is 3. The van der Waals surface area contributed by atoms with E-state index in [0.717, 1.165) is 30.4 Å². The molecule has 2 amide bonds. The Morgan fingerprint density at radius 1 is 1.39 bits per heavy atom. The molecule has 0 heterocycles. The fourth-order valence-electron chi connectivity index (χ4n) is 3.14. The van der Waals surface area contributed by atoms with E-state index >= 15 is 0 Å². The second kappa shape index (κ2) is 8.31. The molecule has 0 saturated heterocycles. The number of carbonyl (C=O) groups is 1. The molecule has 1 aliphatic rings. The zero-order valence-electron chi connectivity index (χ0n) is 14.1. The van der Waals surface area contributed by atoms with E-state index in [4.69, 9.17) is 4.74 Å². The third kappa shape index (κ3) is 4.69. The van der Waals surface area contributed by atoms with Gasteiger partial charge in [-0.05, 0) is 30.9 Å². The van der Waals surface area contributed by atoms with Gasteiger partial charge in [-0.2, -0.15) is 0 Å². The molecular weight excluding hydrogens is 292 g/mol. The standard InChI is InChI=1S/C18H28N2O3/c1-3-23-12-15-8-5-4-7-14(15)11-19-17(22)20-16-9-6-10-18(16,2)13-21/h4-5,7-8,16,21H,3,6,9-13H2,1-2H3,(H2,19,20,22). The lowest BCUT2D eigenvalue weighted by atomic mass is 9.86. The first-order valence-electron chi connectivity index (χ1n) is 8.39. The van der Waals surface area contributed by atoms with Gasteiger partial charge in [-0.1, -0.05) is 37.6 Å². The van der Waals surface area contributed by atoms with Crippen LogP contribution in [-0.4, -0.2) is 30.4 Å². The predicted molar refractivity (Wildman–Crippen MR) is 90.0 cm³/mol. The Morgan fingerprint density at radius 2 is 2.13 bits per heavy atom. The average Bonchev–Trinajstić information content (AvgIpc) is 2.93. The first-order chi connectivity index (χ1) is 11.1. The summed E-state index contributed by atoms with van der Waals surface area (Å²) in [6, 6.07) is 7.81. The van der Waals surface area contributed by atoms with Gasteiger partial charge in [0.1, 0.15) is 0 Å². The van der Waals surface area contributed by atoms with Gasteiger partial charge in [-0.3, -0.25) is 0 Å². The third-order valence-electron chi connectivity index (χ3n) is 4.77. The van der Waals surface area contributed by atoms with Crippen molar-refractivity contribution in [1.29, 1.82) is 0 Å². The van der Waals surface area contributed by atoms with E-state index < -0.39 is 0 Å². The van der Waals surface area contributed by atoms with Crippen LogP contribution in [0.1, 0.15) is 44.2 Å². The van der Waals surface area contributed by atoms with Crippen LogP contribution in [0, 0.1) is 5.41 Å². The van der Waals surface area contributed by atoms with Gasteiger partial charge in [0.25, 0.3) is 0 Å². The molecule has 0 aliphatic heterocycles. The minimum Gasteiger partial charge on any atom is -0.396 e. The highest BCUT2D eigenvalue weighted by molar-refractivity contribution is 5.74. The Morgan fingerprint density at radius 3 is 2.83 bits per heavy atom. The van der Waals surface area contributed by atoms with Crippen LogP contribution < -0.4 is 10.6 Å². The molecule has 2 atom stereocenters. The highest BCUT2D eigenvalue weighted by Gasteiger charge is 2.39. The summed E-state index contributed by atoms with van der Waals surface area (Å²) in [6.07, 6.45) is 2.91. The van der Waals surface area contributed by atoms with Crippen LogP contribution in [0.4, 0.5) is 4.79 Å². The molecule has 0 spiro atoms. The van der Waals surface area contributed by atoms with Crippen LogP contribution >= 0.6 is 0 Å². The Bertz CT molecular complexity index is 521. The molecule has 0 bridgehead atoms. The second-order valence-electron chi connectivity index (χ2n) is 6.49. The fourth-order valence-corrected chi connectivity index (χ4v) is 3.14. The van der Waals surface area contributed by atoms with Gasteiger partial charge in [0.15, 0.2) is 0 Å². The molecule has 3 N–H and O–H groups in total. The van der Waals surface area contributed by atoms with Gasteiger partial charge in [-0.15, -0.1) is 0 Å². The molecule has 2 unspecified atom stereocenters. The van der Waals surface area contributed by atoms with Gasteiger partial charge in [0.05, 0.1) is 13.2 Å². The van der Waals surface area contributed by atoms with Crippen molar-refractivity contribution >= 4 is 6.03 Å². The number of carbonyl (C=O) groups excluding carboxylic acids is 1. The van der Waals surface area contributed by atoms with Crippen LogP contribution in [0.15, 0.2) is 24.3 Å². The summed E-state index contributed by atoms with van der Waals surface area (Å²) in [5.41, 5.74) is 1.95. The second-order valence-corrected chi connectivity index (χ2v) is 6.49. The van der Waals surface area contributed by atoms with Crippen molar-refractivity contribution in [2.24, 2.45) is 5.41 Å². The van der Waals surface area contributed by atoms with E-state index in [1.807, 2.05) is 38.1 Å². The summed E-state index contributed by atoms with van der Waals surface area (Å²) < 4.78 is 5.46. The summed E-state index contributed by atoms with van der Waals surface area (Å²) in [5.74, 6) is 0. The summed E-state index contributed by atoms with van der Waals surface area (Å²) in [7, 11) is 0. The van der Waals surface area contributed by atoms with E-state index in [0.29, 0.717) is 19.8 Å². The maximum Gasteiger partial charge on any atom is 0.315 e. The van der Waals surface area contributed by atoms with E-state index in [9.17, 15) is 9.90 Å². The Labute approximate surface area is 138 Å². The Hall–Kier alpha value is -1.59. The van der Waals surface area contributed by atoms with Crippen molar-refractivity contribution < 1.29 is 14.6 Å². The van der Waals surface area contributed by atoms with Crippen LogP contribution in [0.2, 0.25) is 0 Å². The lowest BCUT2D eigenvalue weighted by Gasteiger charge is -2.30. The lowest BCUT2D eigenvalue weighted by Crippen LogP contribution is -2.48. The molecular formula is C18H28N2O3. The molecule has 0 radical (unpaired) electrons. The highest BCUT2D eigenvalue weighted by Crippen LogP contribution is 2.37. The predicted octanol–water partition coefficient (Wildman–Crippen LogP) is 2.57. The number of nitrogens with one attached hydrogen (secondary N) is 2. The minimum absolute atomic E-state index is 0.0335. The average molecular weight is 320 g/mol. The van der Waals surface area contributed by atoms with E-state index in [1.54, 1.807) is 0 Å². The molecule has 1 fully saturated rings. The van der Waals surface area contributed by atoms with Crippen molar-refractivity contribution in [2.75, 3.05) is 13.2 Å². The van der Waals surface area contributed by atoms with Gasteiger partial charge in [0.2, 0.25) is 0 Å². The molecule has 23 heavy (non-hydrogen) atoms. The lowest BCUT2D eigenvalue weighted by molar-refractivity contribution is 0.121. The van der Waals surface area contributed by atoms with Gasteiger partial charge < -0.3 is 20.5 Å². The van der Waals surface area contributed by atoms with Crippen molar-refractivity contribution in [2.45, 2.75) is 52.3 Å². The third-order valence-corrected chi connectivity index (χ3v) is 4.77. The number of urea groups is 1. The van der Waals surface area contributed by atoms with Crippen LogP contribution in [-0.2, 0) is 17.9 Å². The van der Waals surface area contributed by atoms with Gasteiger partial charge in [-0.25, -0.2) is 4.79 Å². The highest BCUT2D eigenvalue weighted by atomic mass is 16.5. The van der Waals surface area contributed by atoms with Crippen molar-refractivity contribution in [1.82, 2.24) is 10.6 Å². The van der Waals surface area contributed by atoms with E-state index in [1.165, 1.54) is 0 Å². The maximum atomic E-state index is 12.2. The first kappa shape index (κ1) is 17.8. The van der Waals surface area contributed by atoms with Crippen molar-refractivity contribution in [3.8, 4) is 0 Å². The molecule has 128 valence electrons. The number of ether oxygens (including phenoxy) is 1. The summed E-state index contributed by atoms with van der Waals surface area (Å²) in [6.45, 7) is 5.80. The Kier molecular flexibility index (Phi) is 6.42. The Balaban J connectivity index is 1.87. The smallest absolute Gasteiger partial charge is 0.315 e. The summed E-state index contributed by atoms with van der Waals surface area (Å²) in [5, 5.41) is 15.5. The molecule has 5 nitrogen and oxygen atoms in total. The van der Waals surface area contributed by atoms with Crippen molar-refractivity contribution in [3.63, 3.8) is 0 Å². The number of aliphatic hydroxyl groups excluding tert-OH is 1. The molecule has 1 aromatic rings. The van der Waals surface area contributed by atoms with E-state index in [2.05, 4.69) is 10.6 Å². The molecule has 2 rings (SSSR count). The molecule has 1 saturated carbocycles. The number of hydrogen-bond acceptors (Lipinski definition) is 3. The fraction of sp³-hybridized carbons (Fsp3) is 0.611. The molecule has 5 heteroatoms. The number of amides is 2. The topological polar surface area (TPSA) is 70.6 Å². The first-order valence-corrected chi connectivity index (χ1v) is 8.39. The van der Waals surface area contributed by atoms with Gasteiger partial charge in [0, 0.05) is 24.6 Å². The van der Waals surface area contributed by atoms with Crippen molar-refractivity contribution in [3.05, 3.63) is 35.4 Å². The van der Waals surface area contributed by atoms with Crippen LogP contribution in [0.3, 0.4) is 0 Å². The molecule has 0 aromatic heterocycles. The summed E-state index contributed by atoms with van der Waals surface area (Å²) >= 11 is 0. The minimum atomic E-state index is -0.204. The normalized spacial score (nSPS) is 23.7. The SMILES string of the molecule is CCOCc1ccccc1CNC(=O)NC1CCCC1(C)CO. The zero-order chi connectivity index (χ0) is 16.7. The number of benzene rings is 1. The number of rotatable bonds is 7. The van der Waals surface area contributed by atoms with E-state index in [-0.39, 0.29) is 24.1 Å². The molecule has 1 aliphatic carbocycles. The molecule has 1 aromatic carbocycles. The van der Waals surface area contributed by atoms with Crippen LogP contribution in [0.25, 0.3) is 0 Å². The summed E-state index contributed by atoms with van der Waals surface area (Å²) in [4.78, 5) is 12.2.